The quantitative estimate of drug-likeness (QED) is 0.737. The van der Waals surface area contributed by atoms with E-state index < -0.39 is 0 Å². The summed E-state index contributed by atoms with van der Waals surface area (Å²) in [6, 6.07) is 5.98. The topological polar surface area (TPSA) is 99.7 Å². The molecule has 1 aliphatic rings. The highest BCUT2D eigenvalue weighted by molar-refractivity contribution is 5.94. The van der Waals surface area contributed by atoms with Gasteiger partial charge in [0.2, 0.25) is 0 Å². The molecule has 0 radical (unpaired) electrons. The molecule has 4 rings (SSSR count). The molecule has 1 aliphatic heterocycles. The summed E-state index contributed by atoms with van der Waals surface area (Å²) in [5.41, 5.74) is 2.18. The predicted octanol–water partition coefficient (Wildman–Crippen LogP) is 2.94. The molecule has 3 aromatic heterocycles. The summed E-state index contributed by atoms with van der Waals surface area (Å²) in [4.78, 5) is 19.6. The Hall–Kier alpha value is -3.03. The van der Waals surface area contributed by atoms with Gasteiger partial charge in [0.05, 0.1) is 35.1 Å². The minimum absolute atomic E-state index is 0.0247. The number of nitrogens with one attached hydrogen (secondary N) is 2. The Morgan fingerprint density at radius 1 is 1.26 bits per heavy atom. The van der Waals surface area contributed by atoms with E-state index in [1.165, 1.54) is 6.20 Å². The van der Waals surface area contributed by atoms with Gasteiger partial charge < -0.3 is 10.2 Å². The minimum atomic E-state index is -0.0476. The zero-order valence-corrected chi connectivity index (χ0v) is 15.5. The molecule has 1 amide bonds. The zero-order valence-electron chi connectivity index (χ0n) is 15.5. The number of anilines is 1. The molecule has 2 N–H and O–H groups in total. The Morgan fingerprint density at radius 2 is 2.15 bits per heavy atom. The Morgan fingerprint density at radius 3 is 2.93 bits per heavy atom. The lowest BCUT2D eigenvalue weighted by Gasteiger charge is -2.35. The SMILES string of the molecule is CC(C)Nc1n[nH]c2nc([C@H]3CCCCN3C(=O)c3ccnnc3)ccc12. The number of piperidine rings is 1. The van der Waals surface area contributed by atoms with Gasteiger partial charge in [0.25, 0.3) is 5.91 Å². The predicted molar refractivity (Wildman–Crippen MR) is 102 cm³/mol. The van der Waals surface area contributed by atoms with Crippen LogP contribution in [-0.4, -0.2) is 48.8 Å². The van der Waals surface area contributed by atoms with Gasteiger partial charge in [-0.05, 0) is 51.3 Å². The van der Waals surface area contributed by atoms with Crippen molar-refractivity contribution in [3.63, 3.8) is 0 Å². The van der Waals surface area contributed by atoms with E-state index in [0.717, 1.165) is 41.8 Å². The van der Waals surface area contributed by atoms with Gasteiger partial charge in [0.15, 0.2) is 11.5 Å². The first-order valence-electron chi connectivity index (χ1n) is 9.32. The number of carbonyl (C=O) groups is 1. The number of amides is 1. The number of likely N-dealkylation sites (tertiary alicyclic amines) is 1. The maximum Gasteiger partial charge on any atom is 0.256 e. The monoisotopic (exact) mass is 365 g/mol. The lowest BCUT2D eigenvalue weighted by atomic mass is 9.97. The minimum Gasteiger partial charge on any atom is -0.366 e. The average Bonchev–Trinajstić information content (AvgIpc) is 3.09. The molecule has 3 aromatic rings. The molecular weight excluding hydrogens is 342 g/mol. The van der Waals surface area contributed by atoms with Gasteiger partial charge >= 0.3 is 0 Å². The van der Waals surface area contributed by atoms with E-state index in [1.54, 1.807) is 12.3 Å². The highest BCUT2D eigenvalue weighted by Gasteiger charge is 2.30. The van der Waals surface area contributed by atoms with Gasteiger partial charge in [-0.2, -0.15) is 15.3 Å². The van der Waals surface area contributed by atoms with Crippen LogP contribution in [-0.2, 0) is 0 Å². The number of H-pyrrole nitrogens is 1. The van der Waals surface area contributed by atoms with E-state index in [2.05, 4.69) is 39.6 Å². The van der Waals surface area contributed by atoms with Crippen molar-refractivity contribution < 1.29 is 4.79 Å². The summed E-state index contributed by atoms with van der Waals surface area (Å²) < 4.78 is 0. The van der Waals surface area contributed by atoms with Gasteiger partial charge in [-0.15, -0.1) is 0 Å². The summed E-state index contributed by atoms with van der Waals surface area (Å²) in [5, 5.41) is 19.2. The normalized spacial score (nSPS) is 17.4. The van der Waals surface area contributed by atoms with Crippen LogP contribution < -0.4 is 5.32 Å². The van der Waals surface area contributed by atoms with Crippen molar-refractivity contribution in [2.75, 3.05) is 11.9 Å². The number of hydrogen-bond acceptors (Lipinski definition) is 6. The summed E-state index contributed by atoms with van der Waals surface area (Å²) in [7, 11) is 0. The molecule has 0 saturated carbocycles. The van der Waals surface area contributed by atoms with Crippen LogP contribution in [0.5, 0.6) is 0 Å². The molecule has 0 unspecified atom stereocenters. The van der Waals surface area contributed by atoms with E-state index in [0.29, 0.717) is 12.1 Å². The maximum absolute atomic E-state index is 13.0. The first kappa shape index (κ1) is 17.4. The third kappa shape index (κ3) is 3.47. The lowest BCUT2D eigenvalue weighted by molar-refractivity contribution is 0.0605. The van der Waals surface area contributed by atoms with Crippen LogP contribution >= 0.6 is 0 Å². The first-order chi connectivity index (χ1) is 13.1. The number of hydrogen-bond donors (Lipinski definition) is 2. The average molecular weight is 365 g/mol. The molecule has 1 atom stereocenters. The maximum atomic E-state index is 13.0. The van der Waals surface area contributed by atoms with E-state index >= 15 is 0 Å². The van der Waals surface area contributed by atoms with Crippen molar-refractivity contribution >= 4 is 22.8 Å². The Bertz CT molecular complexity index is 938. The van der Waals surface area contributed by atoms with Gasteiger partial charge in [0.1, 0.15) is 0 Å². The molecule has 8 heteroatoms. The second kappa shape index (κ2) is 7.30. The van der Waals surface area contributed by atoms with Crippen molar-refractivity contribution in [3.05, 3.63) is 41.9 Å². The highest BCUT2D eigenvalue weighted by atomic mass is 16.2. The van der Waals surface area contributed by atoms with Crippen LogP contribution in [0.4, 0.5) is 5.82 Å². The molecular formula is C19H23N7O. The zero-order chi connectivity index (χ0) is 18.8. The molecule has 140 valence electrons. The van der Waals surface area contributed by atoms with Crippen LogP contribution in [0, 0.1) is 0 Å². The highest BCUT2D eigenvalue weighted by Crippen LogP contribution is 2.32. The lowest BCUT2D eigenvalue weighted by Crippen LogP contribution is -2.39. The first-order valence-corrected chi connectivity index (χ1v) is 9.32. The fourth-order valence-corrected chi connectivity index (χ4v) is 3.55. The van der Waals surface area contributed by atoms with E-state index in [9.17, 15) is 4.79 Å². The van der Waals surface area contributed by atoms with Gasteiger partial charge in [-0.25, -0.2) is 4.98 Å². The molecule has 0 spiro atoms. The van der Waals surface area contributed by atoms with Crippen LogP contribution in [0.2, 0.25) is 0 Å². The Balaban J connectivity index is 1.64. The standard InChI is InChI=1S/C19H23N7O/c1-12(2)22-17-14-6-7-15(23-18(14)25-24-17)16-5-3-4-10-26(16)19(27)13-8-9-20-21-11-13/h6-9,11-12,16H,3-5,10H2,1-2H3,(H2,22,23,24,25)/t16-/m1/s1. The summed E-state index contributed by atoms with van der Waals surface area (Å²) in [5.74, 6) is 0.779. The molecule has 1 saturated heterocycles. The fraction of sp³-hybridized carbons (Fsp3) is 0.421. The summed E-state index contributed by atoms with van der Waals surface area (Å²) in [6.45, 7) is 4.86. The van der Waals surface area contributed by atoms with Crippen molar-refractivity contribution in [2.45, 2.75) is 45.2 Å². The van der Waals surface area contributed by atoms with Crippen molar-refractivity contribution in [1.82, 2.24) is 30.3 Å². The van der Waals surface area contributed by atoms with Gasteiger partial charge in [-0.3, -0.25) is 9.89 Å². The number of rotatable bonds is 4. The van der Waals surface area contributed by atoms with E-state index in [-0.39, 0.29) is 18.0 Å². The second-order valence-corrected chi connectivity index (χ2v) is 7.14. The second-order valence-electron chi connectivity index (χ2n) is 7.14. The Labute approximate surface area is 157 Å². The third-order valence-electron chi connectivity index (χ3n) is 4.81. The van der Waals surface area contributed by atoms with E-state index in [4.69, 9.17) is 4.98 Å². The molecule has 8 nitrogen and oxygen atoms in total. The van der Waals surface area contributed by atoms with Gasteiger partial charge in [-0.1, -0.05) is 0 Å². The van der Waals surface area contributed by atoms with Crippen molar-refractivity contribution in [1.29, 1.82) is 0 Å². The van der Waals surface area contributed by atoms with Crippen LogP contribution in [0.15, 0.2) is 30.6 Å². The third-order valence-corrected chi connectivity index (χ3v) is 4.81. The molecule has 1 fully saturated rings. The number of aromatic nitrogens is 5. The van der Waals surface area contributed by atoms with Crippen molar-refractivity contribution in [3.8, 4) is 0 Å². The number of pyridine rings is 1. The Kier molecular flexibility index (Phi) is 4.70. The smallest absolute Gasteiger partial charge is 0.256 e. The van der Waals surface area contributed by atoms with Crippen LogP contribution in [0.1, 0.15) is 55.2 Å². The fourth-order valence-electron chi connectivity index (χ4n) is 3.55. The molecule has 27 heavy (non-hydrogen) atoms. The molecule has 0 bridgehead atoms. The van der Waals surface area contributed by atoms with E-state index in [1.807, 2.05) is 17.0 Å². The number of aromatic amines is 1. The van der Waals surface area contributed by atoms with Crippen LogP contribution in [0.3, 0.4) is 0 Å². The summed E-state index contributed by atoms with van der Waals surface area (Å²) in [6.07, 6.45) is 6.03. The molecule has 0 aromatic carbocycles. The largest absolute Gasteiger partial charge is 0.366 e. The number of carbonyl (C=O) groups excluding carboxylic acids is 1. The van der Waals surface area contributed by atoms with Crippen LogP contribution in [0.25, 0.3) is 11.0 Å². The van der Waals surface area contributed by atoms with Gasteiger partial charge in [0, 0.05) is 12.6 Å². The van der Waals surface area contributed by atoms with Crippen molar-refractivity contribution in [2.24, 2.45) is 0 Å². The number of nitrogens with zero attached hydrogens (tertiary/aromatic N) is 5. The molecule has 0 aliphatic carbocycles. The molecule has 4 heterocycles. The number of fused-ring (bicyclic) bond motifs is 1. The summed E-state index contributed by atoms with van der Waals surface area (Å²) >= 11 is 0.